The predicted molar refractivity (Wildman–Crippen MR) is 70.2 cm³/mol. The first-order valence-electron chi connectivity index (χ1n) is 6.51. The molecule has 0 amide bonds. The molecule has 1 aliphatic heterocycles. The maximum Gasteiger partial charge on any atom is 0.228 e. The van der Waals surface area contributed by atoms with Crippen LogP contribution in [-0.2, 0) is 6.42 Å². The molecule has 5 heteroatoms. The highest BCUT2D eigenvalue weighted by Crippen LogP contribution is 2.38. The Bertz CT molecular complexity index is 336. The van der Waals surface area contributed by atoms with Crippen LogP contribution in [0.3, 0.4) is 0 Å². The fourth-order valence-electron chi connectivity index (χ4n) is 2.12. The maximum atomic E-state index is 5.34. The molecular weight excluding hydrogens is 234 g/mol. The topological polar surface area (TPSA) is 51.0 Å². The maximum absolute atomic E-state index is 5.34. The van der Waals surface area contributed by atoms with Crippen molar-refractivity contribution in [3.8, 4) is 0 Å². The van der Waals surface area contributed by atoms with Gasteiger partial charge < -0.3 is 9.84 Å². The minimum Gasteiger partial charge on any atom is -0.339 e. The molecule has 2 unspecified atom stereocenters. The van der Waals surface area contributed by atoms with E-state index >= 15 is 0 Å². The molecule has 0 spiro atoms. The summed E-state index contributed by atoms with van der Waals surface area (Å²) in [6.07, 6.45) is 4.39. The summed E-state index contributed by atoms with van der Waals surface area (Å²) in [6, 6.07) is 0.449. The molecule has 1 aromatic rings. The van der Waals surface area contributed by atoms with Crippen LogP contribution in [0.15, 0.2) is 4.52 Å². The fourth-order valence-corrected chi connectivity index (χ4v) is 3.32. The Kier molecular flexibility index (Phi) is 4.86. The minimum absolute atomic E-state index is 0.449. The zero-order valence-electron chi connectivity index (χ0n) is 10.6. The highest BCUT2D eigenvalue weighted by Gasteiger charge is 2.23. The molecule has 1 fully saturated rings. The molecule has 1 N–H and O–H groups in total. The molecule has 0 radical (unpaired) electrons. The number of rotatable bonds is 6. The largest absolute Gasteiger partial charge is 0.339 e. The van der Waals surface area contributed by atoms with Crippen LogP contribution < -0.4 is 5.32 Å². The van der Waals surface area contributed by atoms with Gasteiger partial charge in [-0.25, -0.2) is 0 Å². The third-order valence-electron chi connectivity index (χ3n) is 3.11. The standard InChI is InChI=1S/C12H21N3OS/c1-3-9(13-4-2)8-11-14-12(15-16-11)10-6-5-7-17-10/h9-10,13H,3-8H2,1-2H3. The zero-order valence-corrected chi connectivity index (χ0v) is 11.4. The molecule has 0 bridgehead atoms. The molecule has 96 valence electrons. The monoisotopic (exact) mass is 255 g/mol. The second-order valence-electron chi connectivity index (χ2n) is 4.41. The van der Waals surface area contributed by atoms with Gasteiger partial charge in [-0.3, -0.25) is 0 Å². The van der Waals surface area contributed by atoms with Gasteiger partial charge in [0, 0.05) is 12.5 Å². The van der Waals surface area contributed by atoms with Crippen LogP contribution in [0.25, 0.3) is 0 Å². The van der Waals surface area contributed by atoms with Crippen LogP contribution in [-0.4, -0.2) is 28.5 Å². The molecule has 0 saturated carbocycles. The first-order chi connectivity index (χ1) is 8.33. The number of aromatic nitrogens is 2. The van der Waals surface area contributed by atoms with Crippen LogP contribution in [0.5, 0.6) is 0 Å². The first kappa shape index (κ1) is 12.9. The summed E-state index contributed by atoms with van der Waals surface area (Å²) >= 11 is 1.94. The summed E-state index contributed by atoms with van der Waals surface area (Å²) in [6.45, 7) is 5.28. The molecule has 1 aliphatic rings. The lowest BCUT2D eigenvalue weighted by Gasteiger charge is -2.12. The van der Waals surface area contributed by atoms with E-state index < -0.39 is 0 Å². The summed E-state index contributed by atoms with van der Waals surface area (Å²) in [5.74, 6) is 2.90. The lowest BCUT2D eigenvalue weighted by Crippen LogP contribution is -2.30. The zero-order chi connectivity index (χ0) is 12.1. The van der Waals surface area contributed by atoms with Crippen molar-refractivity contribution in [1.29, 1.82) is 0 Å². The Balaban J connectivity index is 1.92. The van der Waals surface area contributed by atoms with Gasteiger partial charge in [-0.2, -0.15) is 16.7 Å². The number of thioether (sulfide) groups is 1. The van der Waals surface area contributed by atoms with E-state index in [-0.39, 0.29) is 0 Å². The van der Waals surface area contributed by atoms with Gasteiger partial charge in [0.2, 0.25) is 5.89 Å². The van der Waals surface area contributed by atoms with Crippen molar-refractivity contribution in [2.75, 3.05) is 12.3 Å². The normalized spacial score (nSPS) is 21.9. The van der Waals surface area contributed by atoms with E-state index in [1.807, 2.05) is 11.8 Å². The minimum atomic E-state index is 0.449. The lowest BCUT2D eigenvalue weighted by molar-refractivity contribution is 0.351. The Morgan fingerprint density at radius 1 is 1.53 bits per heavy atom. The lowest BCUT2D eigenvalue weighted by atomic mass is 10.1. The smallest absolute Gasteiger partial charge is 0.228 e. The molecule has 2 atom stereocenters. The van der Waals surface area contributed by atoms with E-state index in [0.29, 0.717) is 11.3 Å². The quantitative estimate of drug-likeness (QED) is 0.846. The Hall–Kier alpha value is -0.550. The second-order valence-corrected chi connectivity index (χ2v) is 5.73. The van der Waals surface area contributed by atoms with Crippen molar-refractivity contribution in [2.24, 2.45) is 0 Å². The molecule has 2 heterocycles. The number of likely N-dealkylation sites (N-methyl/N-ethyl adjacent to an activating group) is 1. The number of hydrogen-bond donors (Lipinski definition) is 1. The van der Waals surface area contributed by atoms with Gasteiger partial charge in [0.15, 0.2) is 5.82 Å². The van der Waals surface area contributed by atoms with Gasteiger partial charge in [-0.05, 0) is 31.6 Å². The van der Waals surface area contributed by atoms with Gasteiger partial charge in [-0.1, -0.05) is 19.0 Å². The van der Waals surface area contributed by atoms with Gasteiger partial charge >= 0.3 is 0 Å². The van der Waals surface area contributed by atoms with Crippen molar-refractivity contribution < 1.29 is 4.52 Å². The van der Waals surface area contributed by atoms with Crippen LogP contribution in [0.4, 0.5) is 0 Å². The Morgan fingerprint density at radius 3 is 3.06 bits per heavy atom. The van der Waals surface area contributed by atoms with E-state index in [0.717, 1.165) is 31.1 Å². The molecule has 0 aliphatic carbocycles. The predicted octanol–water partition coefficient (Wildman–Crippen LogP) is 2.57. The van der Waals surface area contributed by atoms with Gasteiger partial charge in [-0.15, -0.1) is 0 Å². The molecule has 1 aromatic heterocycles. The van der Waals surface area contributed by atoms with E-state index in [4.69, 9.17) is 4.52 Å². The second kappa shape index (κ2) is 6.40. The van der Waals surface area contributed by atoms with Crippen LogP contribution in [0.1, 0.15) is 50.1 Å². The van der Waals surface area contributed by atoms with E-state index in [2.05, 4.69) is 29.3 Å². The van der Waals surface area contributed by atoms with Crippen LogP contribution in [0.2, 0.25) is 0 Å². The Labute approximate surface area is 107 Å². The summed E-state index contributed by atoms with van der Waals surface area (Å²) in [4.78, 5) is 4.52. The summed E-state index contributed by atoms with van der Waals surface area (Å²) < 4.78 is 5.34. The third-order valence-corrected chi connectivity index (χ3v) is 4.48. The Morgan fingerprint density at radius 2 is 2.41 bits per heavy atom. The van der Waals surface area contributed by atoms with Crippen molar-refractivity contribution in [2.45, 2.75) is 50.8 Å². The van der Waals surface area contributed by atoms with Crippen LogP contribution in [0, 0.1) is 0 Å². The van der Waals surface area contributed by atoms with Crippen LogP contribution >= 0.6 is 11.8 Å². The van der Waals surface area contributed by atoms with Crippen molar-refractivity contribution in [3.05, 3.63) is 11.7 Å². The number of nitrogens with one attached hydrogen (secondary N) is 1. The van der Waals surface area contributed by atoms with Gasteiger partial charge in [0.1, 0.15) is 0 Å². The summed E-state index contributed by atoms with van der Waals surface area (Å²) in [7, 11) is 0. The number of nitrogens with zero attached hydrogens (tertiary/aromatic N) is 2. The van der Waals surface area contributed by atoms with E-state index in [9.17, 15) is 0 Å². The van der Waals surface area contributed by atoms with E-state index in [1.54, 1.807) is 0 Å². The third kappa shape index (κ3) is 3.45. The SMILES string of the molecule is CCNC(CC)Cc1nc(C2CCCS2)no1. The molecule has 1 saturated heterocycles. The van der Waals surface area contributed by atoms with Crippen molar-refractivity contribution in [1.82, 2.24) is 15.5 Å². The average Bonchev–Trinajstić information content (AvgIpc) is 2.98. The molecule has 17 heavy (non-hydrogen) atoms. The average molecular weight is 255 g/mol. The molecule has 2 rings (SSSR count). The van der Waals surface area contributed by atoms with Crippen molar-refractivity contribution in [3.63, 3.8) is 0 Å². The molecular formula is C12H21N3OS. The summed E-state index contributed by atoms with van der Waals surface area (Å²) in [5, 5.41) is 8.00. The van der Waals surface area contributed by atoms with E-state index in [1.165, 1.54) is 18.6 Å². The highest BCUT2D eigenvalue weighted by atomic mass is 32.2. The van der Waals surface area contributed by atoms with Crippen molar-refractivity contribution >= 4 is 11.8 Å². The fraction of sp³-hybridized carbons (Fsp3) is 0.833. The van der Waals surface area contributed by atoms with Gasteiger partial charge in [0.05, 0.1) is 5.25 Å². The first-order valence-corrected chi connectivity index (χ1v) is 7.55. The molecule has 0 aromatic carbocycles. The highest BCUT2D eigenvalue weighted by molar-refractivity contribution is 7.99. The van der Waals surface area contributed by atoms with Gasteiger partial charge in [0.25, 0.3) is 0 Å². The summed E-state index contributed by atoms with van der Waals surface area (Å²) in [5.41, 5.74) is 0. The number of hydrogen-bond acceptors (Lipinski definition) is 5. The molecule has 4 nitrogen and oxygen atoms in total.